The summed E-state index contributed by atoms with van der Waals surface area (Å²) in [5.41, 5.74) is 1.90. The first-order chi connectivity index (χ1) is 10.6. The van der Waals surface area contributed by atoms with Crippen LogP contribution in [-0.2, 0) is 11.3 Å². The van der Waals surface area contributed by atoms with E-state index in [1.807, 2.05) is 30.3 Å². The maximum absolute atomic E-state index is 12.1. The van der Waals surface area contributed by atoms with Gasteiger partial charge in [-0.2, -0.15) is 15.4 Å². The monoisotopic (exact) mass is 299 g/mol. The molecule has 0 saturated carbocycles. The molecular weight excluding hydrogens is 282 g/mol. The van der Waals surface area contributed by atoms with E-state index < -0.39 is 0 Å². The molecule has 2 aromatic rings. The molecule has 7 heteroatoms. The third kappa shape index (κ3) is 2.98. The van der Waals surface area contributed by atoms with Crippen LogP contribution in [0.25, 0.3) is 0 Å². The first kappa shape index (κ1) is 14.2. The normalized spacial score (nSPS) is 17.8. The number of nitrogens with zero attached hydrogens (tertiary/aromatic N) is 3. The van der Waals surface area contributed by atoms with Gasteiger partial charge in [-0.15, -0.1) is 0 Å². The molecule has 1 aliphatic heterocycles. The molecular formula is C15H17N5O2. The third-order valence-corrected chi connectivity index (χ3v) is 3.70. The van der Waals surface area contributed by atoms with Crippen molar-refractivity contribution in [1.82, 2.24) is 25.6 Å². The number of aryl methyl sites for hydroxylation is 1. The van der Waals surface area contributed by atoms with Crippen LogP contribution in [0, 0.1) is 6.92 Å². The predicted molar refractivity (Wildman–Crippen MR) is 78.8 cm³/mol. The number of carbonyl (C=O) groups excluding carboxylic acids is 2. The molecule has 2 N–H and O–H groups in total. The molecule has 1 unspecified atom stereocenters. The van der Waals surface area contributed by atoms with Gasteiger partial charge in [0, 0.05) is 19.5 Å². The summed E-state index contributed by atoms with van der Waals surface area (Å²) in [5.74, 6) is -0.253. The van der Waals surface area contributed by atoms with Crippen LogP contribution in [0.5, 0.6) is 0 Å². The Hall–Kier alpha value is -2.70. The second-order valence-electron chi connectivity index (χ2n) is 5.39. The Morgan fingerprint density at radius 2 is 2.14 bits per heavy atom. The Balaban J connectivity index is 1.60. The van der Waals surface area contributed by atoms with Crippen molar-refractivity contribution in [3.63, 3.8) is 0 Å². The van der Waals surface area contributed by atoms with Gasteiger partial charge in [-0.05, 0) is 12.5 Å². The second-order valence-corrected chi connectivity index (χ2v) is 5.39. The molecule has 2 heterocycles. The molecule has 0 bridgehead atoms. The van der Waals surface area contributed by atoms with Gasteiger partial charge >= 0.3 is 0 Å². The minimum absolute atomic E-state index is 0.0472. The number of hydrogen-bond donors (Lipinski definition) is 2. The second kappa shape index (κ2) is 5.97. The average molecular weight is 299 g/mol. The number of hydrogen-bond acceptors (Lipinski definition) is 4. The van der Waals surface area contributed by atoms with Gasteiger partial charge in [0.2, 0.25) is 5.91 Å². The van der Waals surface area contributed by atoms with E-state index in [-0.39, 0.29) is 23.6 Å². The van der Waals surface area contributed by atoms with Gasteiger partial charge in [0.25, 0.3) is 5.91 Å². The number of aromatic amines is 1. The summed E-state index contributed by atoms with van der Waals surface area (Å²) in [6.07, 6.45) is 0.315. The lowest BCUT2D eigenvalue weighted by molar-refractivity contribution is -0.128. The van der Waals surface area contributed by atoms with E-state index in [1.54, 1.807) is 11.8 Å². The minimum atomic E-state index is -0.300. The quantitative estimate of drug-likeness (QED) is 0.867. The molecule has 0 spiro atoms. The smallest absolute Gasteiger partial charge is 0.274 e. The number of benzene rings is 1. The van der Waals surface area contributed by atoms with E-state index in [4.69, 9.17) is 0 Å². The van der Waals surface area contributed by atoms with Gasteiger partial charge in [0.15, 0.2) is 5.69 Å². The molecule has 1 atom stereocenters. The third-order valence-electron chi connectivity index (χ3n) is 3.70. The lowest BCUT2D eigenvalue weighted by Gasteiger charge is -2.17. The van der Waals surface area contributed by atoms with Crippen molar-refractivity contribution in [3.8, 4) is 0 Å². The standard InChI is InChI=1S/C15H17N5O2/c1-10-14(18-19-17-10)15(22)16-12-7-13(21)20(9-12)8-11-5-3-2-4-6-11/h2-6,12H,7-9H2,1H3,(H,16,22)(H,17,18,19). The van der Waals surface area contributed by atoms with Gasteiger partial charge in [0.1, 0.15) is 0 Å². The highest BCUT2D eigenvalue weighted by atomic mass is 16.2. The zero-order valence-corrected chi connectivity index (χ0v) is 12.2. The first-order valence-corrected chi connectivity index (χ1v) is 7.13. The number of nitrogens with one attached hydrogen (secondary N) is 2. The van der Waals surface area contributed by atoms with Crippen molar-refractivity contribution < 1.29 is 9.59 Å². The molecule has 114 valence electrons. The van der Waals surface area contributed by atoms with E-state index >= 15 is 0 Å². The van der Waals surface area contributed by atoms with Crippen LogP contribution in [0.3, 0.4) is 0 Å². The SMILES string of the molecule is Cc1n[nH]nc1C(=O)NC1CC(=O)N(Cc2ccccc2)C1. The van der Waals surface area contributed by atoms with Crippen LogP contribution in [-0.4, -0.2) is 44.7 Å². The van der Waals surface area contributed by atoms with Crippen LogP contribution in [0.1, 0.15) is 28.2 Å². The first-order valence-electron chi connectivity index (χ1n) is 7.13. The molecule has 2 amide bonds. The van der Waals surface area contributed by atoms with E-state index in [1.165, 1.54) is 0 Å². The summed E-state index contributed by atoms with van der Waals surface area (Å²) in [4.78, 5) is 25.9. The zero-order chi connectivity index (χ0) is 15.5. The maximum Gasteiger partial charge on any atom is 0.274 e. The molecule has 3 rings (SSSR count). The van der Waals surface area contributed by atoms with Crippen LogP contribution in [0.4, 0.5) is 0 Å². The van der Waals surface area contributed by atoms with E-state index in [0.717, 1.165) is 5.56 Å². The average Bonchev–Trinajstić information content (AvgIpc) is 3.07. The molecule has 1 aromatic carbocycles. The van der Waals surface area contributed by atoms with E-state index in [2.05, 4.69) is 20.7 Å². The summed E-state index contributed by atoms with van der Waals surface area (Å²) in [6.45, 7) is 2.78. The number of aromatic nitrogens is 3. The summed E-state index contributed by atoms with van der Waals surface area (Å²) < 4.78 is 0. The molecule has 1 fully saturated rings. The van der Waals surface area contributed by atoms with Crippen molar-refractivity contribution in [2.45, 2.75) is 25.9 Å². The molecule has 7 nitrogen and oxygen atoms in total. The number of likely N-dealkylation sites (tertiary alicyclic amines) is 1. The maximum atomic E-state index is 12.1. The van der Waals surface area contributed by atoms with Gasteiger partial charge in [-0.1, -0.05) is 30.3 Å². The van der Waals surface area contributed by atoms with Crippen molar-refractivity contribution in [3.05, 3.63) is 47.3 Å². The molecule has 1 aromatic heterocycles. The number of rotatable bonds is 4. The van der Waals surface area contributed by atoms with E-state index in [9.17, 15) is 9.59 Å². The van der Waals surface area contributed by atoms with Crippen molar-refractivity contribution in [1.29, 1.82) is 0 Å². The predicted octanol–water partition coefficient (Wildman–Crippen LogP) is 0.644. The molecule has 22 heavy (non-hydrogen) atoms. The minimum Gasteiger partial charge on any atom is -0.346 e. The fourth-order valence-corrected chi connectivity index (χ4v) is 2.58. The fraction of sp³-hybridized carbons (Fsp3) is 0.333. The largest absolute Gasteiger partial charge is 0.346 e. The van der Waals surface area contributed by atoms with Gasteiger partial charge in [0.05, 0.1) is 11.7 Å². The van der Waals surface area contributed by atoms with Gasteiger partial charge in [-0.25, -0.2) is 0 Å². The Kier molecular flexibility index (Phi) is 3.86. The molecule has 0 aliphatic carbocycles. The topological polar surface area (TPSA) is 91.0 Å². The Labute approximate surface area is 127 Å². The number of amides is 2. The Bertz CT molecular complexity index is 682. The summed E-state index contributed by atoms with van der Waals surface area (Å²) in [6, 6.07) is 9.61. The van der Waals surface area contributed by atoms with Crippen LogP contribution in [0.15, 0.2) is 30.3 Å². The van der Waals surface area contributed by atoms with Crippen molar-refractivity contribution in [2.75, 3.05) is 6.54 Å². The van der Waals surface area contributed by atoms with Crippen molar-refractivity contribution in [2.24, 2.45) is 0 Å². The van der Waals surface area contributed by atoms with Crippen molar-refractivity contribution >= 4 is 11.8 Å². The Morgan fingerprint density at radius 3 is 2.82 bits per heavy atom. The molecule has 0 radical (unpaired) electrons. The zero-order valence-electron chi connectivity index (χ0n) is 12.2. The van der Waals surface area contributed by atoms with Crippen LogP contribution < -0.4 is 5.32 Å². The molecule has 1 aliphatic rings. The summed E-state index contributed by atoms with van der Waals surface area (Å²) in [7, 11) is 0. The lowest BCUT2D eigenvalue weighted by Crippen LogP contribution is -2.37. The van der Waals surface area contributed by atoms with Gasteiger partial charge in [-0.3, -0.25) is 9.59 Å². The highest BCUT2D eigenvalue weighted by molar-refractivity contribution is 5.94. The number of carbonyl (C=O) groups is 2. The fourth-order valence-electron chi connectivity index (χ4n) is 2.58. The Morgan fingerprint density at radius 1 is 1.36 bits per heavy atom. The lowest BCUT2D eigenvalue weighted by atomic mass is 10.2. The highest BCUT2D eigenvalue weighted by Gasteiger charge is 2.31. The summed E-state index contributed by atoms with van der Waals surface area (Å²) >= 11 is 0. The molecule has 1 saturated heterocycles. The highest BCUT2D eigenvalue weighted by Crippen LogP contribution is 2.15. The van der Waals surface area contributed by atoms with E-state index in [0.29, 0.717) is 25.2 Å². The number of H-pyrrole nitrogens is 1. The van der Waals surface area contributed by atoms with Gasteiger partial charge < -0.3 is 10.2 Å². The van der Waals surface area contributed by atoms with Crippen LogP contribution in [0.2, 0.25) is 0 Å². The summed E-state index contributed by atoms with van der Waals surface area (Å²) in [5, 5.41) is 12.9. The van der Waals surface area contributed by atoms with Crippen LogP contribution >= 0.6 is 0 Å².